The van der Waals surface area contributed by atoms with E-state index < -0.39 is 6.04 Å². The molecular formula is C14H22N2O. The molecule has 0 saturated carbocycles. The van der Waals surface area contributed by atoms with Crippen molar-refractivity contribution in [3.63, 3.8) is 0 Å². The smallest absolute Gasteiger partial charge is 0.241 e. The monoisotopic (exact) mass is 234 g/mol. The van der Waals surface area contributed by atoms with E-state index in [1.54, 1.807) is 0 Å². The summed E-state index contributed by atoms with van der Waals surface area (Å²) in [6, 6.07) is 7.43. The predicted octanol–water partition coefficient (Wildman–Crippen LogP) is 2.56. The van der Waals surface area contributed by atoms with E-state index in [4.69, 9.17) is 5.73 Å². The van der Waals surface area contributed by atoms with Crippen molar-refractivity contribution in [1.29, 1.82) is 0 Å². The first-order valence-corrected chi connectivity index (χ1v) is 6.20. The molecule has 0 aliphatic carbocycles. The Bertz CT molecular complexity index is 374. The van der Waals surface area contributed by atoms with Gasteiger partial charge in [0.2, 0.25) is 5.91 Å². The van der Waals surface area contributed by atoms with Gasteiger partial charge in [-0.1, -0.05) is 45.4 Å². The summed E-state index contributed by atoms with van der Waals surface area (Å²) >= 11 is 0. The normalized spacial score (nSPS) is 12.5. The van der Waals surface area contributed by atoms with Crippen molar-refractivity contribution in [1.82, 2.24) is 0 Å². The molecule has 1 atom stereocenters. The van der Waals surface area contributed by atoms with Gasteiger partial charge in [-0.3, -0.25) is 4.79 Å². The van der Waals surface area contributed by atoms with E-state index in [1.165, 1.54) is 5.56 Å². The highest BCUT2D eigenvalue weighted by Crippen LogP contribution is 2.17. The molecule has 0 radical (unpaired) electrons. The summed E-state index contributed by atoms with van der Waals surface area (Å²) in [4.78, 5) is 11.9. The van der Waals surface area contributed by atoms with Gasteiger partial charge in [-0.05, 0) is 24.0 Å². The van der Waals surface area contributed by atoms with Gasteiger partial charge < -0.3 is 11.1 Å². The third-order valence-electron chi connectivity index (χ3n) is 2.82. The number of anilines is 1. The summed E-state index contributed by atoms with van der Waals surface area (Å²) < 4.78 is 0. The maximum absolute atomic E-state index is 11.9. The highest BCUT2D eigenvalue weighted by molar-refractivity contribution is 5.95. The first-order valence-electron chi connectivity index (χ1n) is 6.20. The van der Waals surface area contributed by atoms with Gasteiger partial charge in [0, 0.05) is 5.69 Å². The Balaban J connectivity index is 2.77. The number of hydrogen-bond acceptors (Lipinski definition) is 2. The van der Waals surface area contributed by atoms with Crippen LogP contribution in [0.4, 0.5) is 5.69 Å². The number of hydrogen-bond donors (Lipinski definition) is 2. The van der Waals surface area contributed by atoms with Crippen LogP contribution in [0.2, 0.25) is 0 Å². The van der Waals surface area contributed by atoms with Gasteiger partial charge in [-0.2, -0.15) is 0 Å². The number of carbonyl (C=O) groups excluding carboxylic acids is 1. The highest BCUT2D eigenvalue weighted by Gasteiger charge is 2.17. The van der Waals surface area contributed by atoms with Crippen LogP contribution in [0.25, 0.3) is 0 Å². The molecule has 1 aromatic carbocycles. The maximum atomic E-state index is 11.9. The quantitative estimate of drug-likeness (QED) is 0.822. The van der Waals surface area contributed by atoms with E-state index in [0.717, 1.165) is 18.5 Å². The SMILES string of the molecule is CCCc1ccccc1NC(=O)[C@@H](N)C(C)C. The third kappa shape index (κ3) is 3.86. The molecule has 1 rings (SSSR count). The van der Waals surface area contributed by atoms with E-state index >= 15 is 0 Å². The number of nitrogens with two attached hydrogens (primary N) is 1. The summed E-state index contributed by atoms with van der Waals surface area (Å²) in [6.45, 7) is 6.02. The van der Waals surface area contributed by atoms with E-state index in [2.05, 4.69) is 12.2 Å². The minimum atomic E-state index is -0.454. The van der Waals surface area contributed by atoms with Crippen molar-refractivity contribution in [2.75, 3.05) is 5.32 Å². The second-order valence-electron chi connectivity index (χ2n) is 4.67. The Morgan fingerprint density at radius 2 is 2.00 bits per heavy atom. The lowest BCUT2D eigenvalue weighted by molar-refractivity contribution is -0.118. The van der Waals surface area contributed by atoms with E-state index in [9.17, 15) is 4.79 Å². The predicted molar refractivity (Wildman–Crippen MR) is 71.9 cm³/mol. The molecule has 1 amide bonds. The van der Waals surface area contributed by atoms with Crippen molar-refractivity contribution in [2.45, 2.75) is 39.7 Å². The zero-order valence-electron chi connectivity index (χ0n) is 10.9. The molecule has 3 nitrogen and oxygen atoms in total. The summed E-state index contributed by atoms with van der Waals surface area (Å²) in [5.74, 6) is 0.0388. The van der Waals surface area contributed by atoms with Gasteiger partial charge in [-0.15, -0.1) is 0 Å². The molecule has 0 aliphatic heterocycles. The van der Waals surface area contributed by atoms with Crippen LogP contribution in [-0.4, -0.2) is 11.9 Å². The summed E-state index contributed by atoms with van der Waals surface area (Å²) in [5.41, 5.74) is 7.87. The van der Waals surface area contributed by atoms with Gasteiger partial charge in [0.05, 0.1) is 6.04 Å². The third-order valence-corrected chi connectivity index (χ3v) is 2.82. The Labute approximate surface area is 103 Å². The molecule has 1 aromatic rings. The molecule has 94 valence electrons. The highest BCUT2D eigenvalue weighted by atomic mass is 16.2. The number of amides is 1. The summed E-state index contributed by atoms with van der Waals surface area (Å²) in [6.07, 6.45) is 2.02. The van der Waals surface area contributed by atoms with Gasteiger partial charge >= 0.3 is 0 Å². The van der Waals surface area contributed by atoms with Crippen LogP contribution in [0.3, 0.4) is 0 Å². The lowest BCUT2D eigenvalue weighted by atomic mass is 10.0. The molecule has 0 fully saturated rings. The van der Waals surface area contributed by atoms with Crippen LogP contribution in [0.1, 0.15) is 32.8 Å². The standard InChI is InChI=1S/C14H22N2O/c1-4-7-11-8-5-6-9-12(11)16-14(17)13(15)10(2)3/h5-6,8-10,13H,4,7,15H2,1-3H3,(H,16,17)/t13-/m0/s1. The average molecular weight is 234 g/mol. The van der Waals surface area contributed by atoms with Crippen LogP contribution < -0.4 is 11.1 Å². The molecule has 0 heterocycles. The van der Waals surface area contributed by atoms with Gasteiger partial charge in [0.15, 0.2) is 0 Å². The number of para-hydroxylation sites is 1. The van der Waals surface area contributed by atoms with Crippen molar-refractivity contribution in [3.05, 3.63) is 29.8 Å². The molecule has 0 bridgehead atoms. The lowest BCUT2D eigenvalue weighted by Gasteiger charge is -2.17. The van der Waals surface area contributed by atoms with Crippen LogP contribution in [0.5, 0.6) is 0 Å². The van der Waals surface area contributed by atoms with Crippen LogP contribution in [0.15, 0.2) is 24.3 Å². The number of aryl methyl sites for hydroxylation is 1. The molecule has 0 unspecified atom stereocenters. The fraction of sp³-hybridized carbons (Fsp3) is 0.500. The number of nitrogens with one attached hydrogen (secondary N) is 1. The topological polar surface area (TPSA) is 55.1 Å². The Morgan fingerprint density at radius 3 is 2.59 bits per heavy atom. The molecule has 0 aliphatic rings. The molecular weight excluding hydrogens is 212 g/mol. The molecule has 3 N–H and O–H groups in total. The van der Waals surface area contributed by atoms with Crippen molar-refractivity contribution >= 4 is 11.6 Å². The van der Waals surface area contributed by atoms with Crippen LogP contribution in [-0.2, 0) is 11.2 Å². The fourth-order valence-electron chi connectivity index (χ4n) is 1.65. The minimum Gasteiger partial charge on any atom is -0.324 e. The number of carbonyl (C=O) groups is 1. The molecule has 0 aromatic heterocycles. The first-order chi connectivity index (χ1) is 8.06. The zero-order chi connectivity index (χ0) is 12.8. The van der Waals surface area contributed by atoms with E-state index in [-0.39, 0.29) is 11.8 Å². The van der Waals surface area contributed by atoms with Gasteiger partial charge in [0.25, 0.3) is 0 Å². The Kier molecular flexibility index (Phi) is 5.16. The van der Waals surface area contributed by atoms with E-state index in [1.807, 2.05) is 38.1 Å². The summed E-state index contributed by atoms with van der Waals surface area (Å²) in [5, 5.41) is 2.91. The Hall–Kier alpha value is -1.35. The van der Waals surface area contributed by atoms with Crippen molar-refractivity contribution in [3.8, 4) is 0 Å². The lowest BCUT2D eigenvalue weighted by Crippen LogP contribution is -2.39. The zero-order valence-corrected chi connectivity index (χ0v) is 10.9. The maximum Gasteiger partial charge on any atom is 0.241 e. The molecule has 3 heteroatoms. The van der Waals surface area contributed by atoms with Crippen LogP contribution >= 0.6 is 0 Å². The fourth-order valence-corrected chi connectivity index (χ4v) is 1.65. The second-order valence-corrected chi connectivity index (χ2v) is 4.67. The Morgan fingerprint density at radius 1 is 1.35 bits per heavy atom. The van der Waals surface area contributed by atoms with Crippen molar-refractivity contribution in [2.24, 2.45) is 11.7 Å². The van der Waals surface area contributed by atoms with Gasteiger partial charge in [0.1, 0.15) is 0 Å². The number of rotatable bonds is 5. The minimum absolute atomic E-state index is 0.108. The first kappa shape index (κ1) is 13.7. The van der Waals surface area contributed by atoms with Gasteiger partial charge in [-0.25, -0.2) is 0 Å². The largest absolute Gasteiger partial charge is 0.324 e. The van der Waals surface area contributed by atoms with E-state index in [0.29, 0.717) is 0 Å². The summed E-state index contributed by atoms with van der Waals surface area (Å²) in [7, 11) is 0. The average Bonchev–Trinajstić information content (AvgIpc) is 2.30. The molecule has 0 spiro atoms. The number of benzene rings is 1. The van der Waals surface area contributed by atoms with Crippen molar-refractivity contribution < 1.29 is 4.79 Å². The molecule has 17 heavy (non-hydrogen) atoms. The molecule has 0 saturated heterocycles. The van der Waals surface area contributed by atoms with Crippen LogP contribution in [0, 0.1) is 5.92 Å². The second kappa shape index (κ2) is 6.40.